The Morgan fingerprint density at radius 3 is 2.69 bits per heavy atom. The van der Waals surface area contributed by atoms with Crippen molar-refractivity contribution >= 4 is 16.9 Å². The molecule has 1 unspecified atom stereocenters. The minimum absolute atomic E-state index is 0.0807. The topological polar surface area (TPSA) is 80.0 Å². The van der Waals surface area contributed by atoms with Gasteiger partial charge in [-0.1, -0.05) is 18.2 Å². The highest BCUT2D eigenvalue weighted by atomic mass is 16.5. The van der Waals surface area contributed by atoms with Crippen LogP contribution in [-0.4, -0.2) is 36.2 Å². The molecule has 4 rings (SSSR count). The predicted octanol–water partition coefficient (Wildman–Crippen LogP) is 3.70. The van der Waals surface area contributed by atoms with Gasteiger partial charge in [-0.25, -0.2) is 0 Å². The zero-order chi connectivity index (χ0) is 20.7. The average Bonchev–Trinajstić information content (AvgIpc) is 2.96. The maximum absolute atomic E-state index is 13.5. The third kappa shape index (κ3) is 3.19. The summed E-state index contributed by atoms with van der Waals surface area (Å²) in [6.45, 7) is 4.70. The summed E-state index contributed by atoms with van der Waals surface area (Å²) in [6.07, 6.45) is 0.622. The standard InChI is InChI=1S/C23H23NO5/c1-13-10-14(2)21-17(11-13)20(26)18-19(15-6-4-7-16(25)12-15)24(8-5-9-28-3)23(27)22(18)29-21/h4,6-7,10-12,19,25H,5,8-9H2,1-3H3. The van der Waals surface area contributed by atoms with Crippen molar-refractivity contribution in [3.8, 4) is 5.75 Å². The van der Waals surface area contributed by atoms with E-state index in [2.05, 4.69) is 0 Å². The molecule has 1 amide bonds. The molecular formula is C23H23NO5. The van der Waals surface area contributed by atoms with Crippen LogP contribution in [0.2, 0.25) is 0 Å². The van der Waals surface area contributed by atoms with Crippen LogP contribution in [0.25, 0.3) is 11.0 Å². The molecule has 0 radical (unpaired) electrons. The fraction of sp³-hybridized carbons (Fsp3) is 0.304. The van der Waals surface area contributed by atoms with Crippen LogP contribution in [0.4, 0.5) is 0 Å². The van der Waals surface area contributed by atoms with Gasteiger partial charge in [0.1, 0.15) is 11.3 Å². The van der Waals surface area contributed by atoms with E-state index >= 15 is 0 Å². The van der Waals surface area contributed by atoms with E-state index in [4.69, 9.17) is 9.15 Å². The van der Waals surface area contributed by atoms with Gasteiger partial charge in [-0.2, -0.15) is 0 Å². The fourth-order valence-corrected chi connectivity index (χ4v) is 4.13. The minimum Gasteiger partial charge on any atom is -0.508 e. The Labute approximate surface area is 168 Å². The second kappa shape index (κ2) is 7.37. The number of aryl methyl sites for hydroxylation is 2. The highest BCUT2D eigenvalue weighted by Crippen LogP contribution is 2.39. The zero-order valence-corrected chi connectivity index (χ0v) is 16.7. The molecule has 0 saturated carbocycles. The third-order valence-electron chi connectivity index (χ3n) is 5.33. The summed E-state index contributed by atoms with van der Waals surface area (Å²) in [5.74, 6) is -0.152. The van der Waals surface area contributed by atoms with E-state index < -0.39 is 6.04 Å². The number of carbonyl (C=O) groups is 1. The smallest absolute Gasteiger partial charge is 0.290 e. The van der Waals surface area contributed by atoms with Gasteiger partial charge in [0.25, 0.3) is 5.91 Å². The molecule has 0 fully saturated rings. The number of methoxy groups -OCH3 is 1. The number of phenols is 1. The van der Waals surface area contributed by atoms with Gasteiger partial charge in [-0.3, -0.25) is 9.59 Å². The van der Waals surface area contributed by atoms with Crippen LogP contribution >= 0.6 is 0 Å². The molecule has 3 aromatic rings. The van der Waals surface area contributed by atoms with Crippen LogP contribution < -0.4 is 5.43 Å². The number of benzene rings is 2. The number of fused-ring (bicyclic) bond motifs is 2. The summed E-state index contributed by atoms with van der Waals surface area (Å²) < 4.78 is 11.1. The van der Waals surface area contributed by atoms with Crippen molar-refractivity contribution in [1.29, 1.82) is 0 Å². The first kappa shape index (κ1) is 19.2. The van der Waals surface area contributed by atoms with Crippen molar-refractivity contribution in [2.24, 2.45) is 0 Å². The summed E-state index contributed by atoms with van der Waals surface area (Å²) in [5, 5.41) is 10.4. The molecule has 1 N–H and O–H groups in total. The predicted molar refractivity (Wildman–Crippen MR) is 109 cm³/mol. The Kier molecular flexibility index (Phi) is 4.88. The Hall–Kier alpha value is -3.12. The number of phenolic OH excluding ortho intramolecular Hbond substituents is 1. The summed E-state index contributed by atoms with van der Waals surface area (Å²) in [7, 11) is 1.61. The molecule has 6 nitrogen and oxygen atoms in total. The molecule has 29 heavy (non-hydrogen) atoms. The van der Waals surface area contributed by atoms with Gasteiger partial charge in [-0.05, 0) is 55.2 Å². The molecule has 6 heteroatoms. The first-order valence-electron chi connectivity index (χ1n) is 9.59. The highest BCUT2D eigenvalue weighted by molar-refractivity contribution is 5.99. The van der Waals surface area contributed by atoms with Gasteiger partial charge in [0.15, 0.2) is 5.43 Å². The van der Waals surface area contributed by atoms with Crippen LogP contribution in [0.1, 0.15) is 45.3 Å². The van der Waals surface area contributed by atoms with E-state index in [-0.39, 0.29) is 22.8 Å². The van der Waals surface area contributed by atoms with Gasteiger partial charge >= 0.3 is 0 Å². The Morgan fingerprint density at radius 1 is 1.17 bits per heavy atom. The van der Waals surface area contributed by atoms with Crippen molar-refractivity contribution in [3.05, 3.63) is 74.6 Å². The van der Waals surface area contributed by atoms with E-state index in [1.54, 1.807) is 42.3 Å². The Balaban J connectivity index is 1.96. The Morgan fingerprint density at radius 2 is 1.97 bits per heavy atom. The molecule has 0 bridgehead atoms. The molecule has 0 spiro atoms. The summed E-state index contributed by atoms with van der Waals surface area (Å²) >= 11 is 0. The number of aromatic hydroxyl groups is 1. The van der Waals surface area contributed by atoms with E-state index in [1.807, 2.05) is 19.9 Å². The van der Waals surface area contributed by atoms with Crippen LogP contribution in [0.15, 0.2) is 45.6 Å². The first-order valence-corrected chi connectivity index (χ1v) is 9.59. The molecule has 150 valence electrons. The molecule has 0 saturated heterocycles. The molecule has 2 heterocycles. The molecular weight excluding hydrogens is 370 g/mol. The highest BCUT2D eigenvalue weighted by Gasteiger charge is 2.42. The van der Waals surface area contributed by atoms with E-state index in [0.29, 0.717) is 41.7 Å². The largest absolute Gasteiger partial charge is 0.508 e. The molecule has 0 aliphatic carbocycles. The van der Waals surface area contributed by atoms with E-state index in [1.165, 1.54) is 0 Å². The van der Waals surface area contributed by atoms with Crippen molar-refractivity contribution in [1.82, 2.24) is 4.90 Å². The number of nitrogens with zero attached hydrogens (tertiary/aromatic N) is 1. The monoisotopic (exact) mass is 393 g/mol. The van der Waals surface area contributed by atoms with Gasteiger partial charge in [0.05, 0.1) is 17.0 Å². The third-order valence-corrected chi connectivity index (χ3v) is 5.33. The second-order valence-electron chi connectivity index (χ2n) is 7.47. The first-order chi connectivity index (χ1) is 13.9. The van der Waals surface area contributed by atoms with Crippen LogP contribution in [-0.2, 0) is 4.74 Å². The summed E-state index contributed by atoms with van der Waals surface area (Å²) in [6, 6.07) is 9.78. The minimum atomic E-state index is -0.608. The van der Waals surface area contributed by atoms with Gasteiger partial charge < -0.3 is 19.2 Å². The van der Waals surface area contributed by atoms with Crippen LogP contribution in [0.5, 0.6) is 5.75 Å². The molecule has 1 aliphatic heterocycles. The summed E-state index contributed by atoms with van der Waals surface area (Å²) in [4.78, 5) is 28.3. The maximum Gasteiger partial charge on any atom is 0.290 e. The van der Waals surface area contributed by atoms with Crippen LogP contribution in [0.3, 0.4) is 0 Å². The van der Waals surface area contributed by atoms with Crippen molar-refractivity contribution in [2.75, 3.05) is 20.3 Å². The number of hydrogen-bond donors (Lipinski definition) is 1. The van der Waals surface area contributed by atoms with Gasteiger partial charge in [0, 0.05) is 20.3 Å². The Bertz CT molecular complexity index is 1160. The van der Waals surface area contributed by atoms with Crippen molar-refractivity contribution < 1.29 is 19.1 Å². The van der Waals surface area contributed by atoms with Crippen molar-refractivity contribution in [3.63, 3.8) is 0 Å². The zero-order valence-electron chi connectivity index (χ0n) is 16.7. The molecule has 2 aromatic carbocycles. The van der Waals surface area contributed by atoms with E-state index in [0.717, 1.165) is 11.1 Å². The van der Waals surface area contributed by atoms with E-state index in [9.17, 15) is 14.7 Å². The lowest BCUT2D eigenvalue weighted by atomic mass is 9.97. The lowest BCUT2D eigenvalue weighted by Gasteiger charge is -2.25. The SMILES string of the molecule is COCCCN1C(=O)c2oc3c(C)cc(C)cc3c(=O)c2C1c1cccc(O)c1. The van der Waals surface area contributed by atoms with Gasteiger partial charge in [-0.15, -0.1) is 0 Å². The number of rotatable bonds is 5. The quantitative estimate of drug-likeness (QED) is 0.669. The number of ether oxygens (including phenoxy) is 1. The fourth-order valence-electron chi connectivity index (χ4n) is 4.13. The van der Waals surface area contributed by atoms with Gasteiger partial charge in [0.2, 0.25) is 5.76 Å². The van der Waals surface area contributed by atoms with Crippen molar-refractivity contribution in [2.45, 2.75) is 26.3 Å². The van der Waals surface area contributed by atoms with Crippen LogP contribution in [0, 0.1) is 13.8 Å². The normalized spacial score (nSPS) is 15.9. The summed E-state index contributed by atoms with van der Waals surface area (Å²) in [5.41, 5.74) is 3.02. The lowest BCUT2D eigenvalue weighted by Crippen LogP contribution is -2.31. The second-order valence-corrected chi connectivity index (χ2v) is 7.47. The molecule has 1 aromatic heterocycles. The molecule has 1 aliphatic rings. The number of carbonyl (C=O) groups excluding carboxylic acids is 1. The average molecular weight is 393 g/mol. The lowest BCUT2D eigenvalue weighted by molar-refractivity contribution is 0.0707. The maximum atomic E-state index is 13.5. The number of amides is 1. The number of hydrogen-bond acceptors (Lipinski definition) is 5. The molecule has 1 atom stereocenters.